The van der Waals surface area contributed by atoms with E-state index in [2.05, 4.69) is 14.9 Å². The van der Waals surface area contributed by atoms with E-state index >= 15 is 0 Å². The van der Waals surface area contributed by atoms with Gasteiger partial charge in [-0.25, -0.2) is 9.97 Å². The van der Waals surface area contributed by atoms with E-state index in [-0.39, 0.29) is 0 Å². The van der Waals surface area contributed by atoms with Crippen LogP contribution in [0.25, 0.3) is 11.5 Å². The molecular weight excluding hydrogens is 290 g/mol. The summed E-state index contributed by atoms with van der Waals surface area (Å²) >= 11 is 0. The van der Waals surface area contributed by atoms with Crippen LogP contribution in [0.5, 0.6) is 5.75 Å². The molecule has 2 aromatic heterocycles. The predicted octanol–water partition coefficient (Wildman–Crippen LogP) is 3.31. The Hall–Kier alpha value is -2.82. The van der Waals surface area contributed by atoms with Gasteiger partial charge in [-0.05, 0) is 30.3 Å². The van der Waals surface area contributed by atoms with Gasteiger partial charge in [-0.2, -0.15) is 0 Å². The van der Waals surface area contributed by atoms with Crippen LogP contribution in [0, 0.1) is 0 Å². The van der Waals surface area contributed by atoms with Crippen molar-refractivity contribution in [3.63, 3.8) is 0 Å². The number of ether oxygens (including phenoxy) is 1. The lowest BCUT2D eigenvalue weighted by molar-refractivity contribution is 0.414. The summed E-state index contributed by atoms with van der Waals surface area (Å²) in [5.74, 6) is 3.34. The van der Waals surface area contributed by atoms with E-state index in [9.17, 15) is 0 Å². The number of hydrogen-bond donors (Lipinski definition) is 0. The molecule has 0 saturated carbocycles. The van der Waals surface area contributed by atoms with Crippen molar-refractivity contribution < 1.29 is 9.15 Å². The van der Waals surface area contributed by atoms with Crippen molar-refractivity contribution >= 4 is 5.82 Å². The third-order valence-corrected chi connectivity index (χ3v) is 4.02. The number of hydrogen-bond acceptors (Lipinski definition) is 5. The molecule has 0 bridgehead atoms. The number of rotatable bonds is 3. The molecule has 0 N–H and O–H groups in total. The summed E-state index contributed by atoms with van der Waals surface area (Å²) in [5, 5.41) is 0. The average molecular weight is 307 g/mol. The fraction of sp³-hybridized carbons (Fsp3) is 0.222. The fourth-order valence-electron chi connectivity index (χ4n) is 2.81. The molecular formula is C18H17N3O2. The van der Waals surface area contributed by atoms with Gasteiger partial charge in [0, 0.05) is 24.7 Å². The second-order valence-electron chi connectivity index (χ2n) is 5.48. The van der Waals surface area contributed by atoms with Gasteiger partial charge in [0.1, 0.15) is 17.3 Å². The standard InChI is InChI=1S/C18H17N3O2/c1-22-14-6-4-5-13(11-14)18-20-15-8-10-21(12-16(15)23-18)17-7-2-3-9-19-17/h2-7,9,11H,8,10,12H2,1H3. The number of anilines is 1. The zero-order chi connectivity index (χ0) is 15.6. The predicted molar refractivity (Wildman–Crippen MR) is 87.5 cm³/mol. The smallest absolute Gasteiger partial charge is 0.226 e. The van der Waals surface area contributed by atoms with Crippen molar-refractivity contribution in [1.82, 2.24) is 9.97 Å². The van der Waals surface area contributed by atoms with Crippen molar-refractivity contribution in [1.29, 1.82) is 0 Å². The minimum atomic E-state index is 0.650. The van der Waals surface area contributed by atoms with Crippen molar-refractivity contribution in [2.75, 3.05) is 18.6 Å². The second-order valence-corrected chi connectivity index (χ2v) is 5.48. The molecule has 116 valence electrons. The van der Waals surface area contributed by atoms with Gasteiger partial charge in [0.15, 0.2) is 0 Å². The normalized spacial score (nSPS) is 13.7. The van der Waals surface area contributed by atoms with Gasteiger partial charge in [0.05, 0.1) is 19.3 Å². The van der Waals surface area contributed by atoms with Crippen LogP contribution in [0.4, 0.5) is 5.82 Å². The van der Waals surface area contributed by atoms with Crippen molar-refractivity contribution in [2.45, 2.75) is 13.0 Å². The topological polar surface area (TPSA) is 51.4 Å². The minimum absolute atomic E-state index is 0.650. The summed E-state index contributed by atoms with van der Waals surface area (Å²) < 4.78 is 11.3. The summed E-state index contributed by atoms with van der Waals surface area (Å²) in [6.45, 7) is 1.59. The highest BCUT2D eigenvalue weighted by molar-refractivity contribution is 5.57. The summed E-state index contributed by atoms with van der Waals surface area (Å²) in [7, 11) is 1.66. The highest BCUT2D eigenvalue weighted by Gasteiger charge is 2.23. The number of benzene rings is 1. The molecule has 1 aromatic carbocycles. The maximum absolute atomic E-state index is 6.01. The summed E-state index contributed by atoms with van der Waals surface area (Å²) in [6.07, 6.45) is 2.67. The molecule has 0 unspecified atom stereocenters. The van der Waals surface area contributed by atoms with Crippen LogP contribution in [0.1, 0.15) is 11.5 Å². The van der Waals surface area contributed by atoms with Gasteiger partial charge >= 0.3 is 0 Å². The van der Waals surface area contributed by atoms with Crippen LogP contribution in [0.15, 0.2) is 53.1 Å². The first kappa shape index (κ1) is 13.8. The number of aromatic nitrogens is 2. The molecule has 3 heterocycles. The Kier molecular flexibility index (Phi) is 3.46. The molecule has 0 atom stereocenters. The lowest BCUT2D eigenvalue weighted by Crippen LogP contribution is -2.30. The average Bonchev–Trinajstić information content (AvgIpc) is 3.06. The third-order valence-electron chi connectivity index (χ3n) is 4.02. The van der Waals surface area contributed by atoms with Gasteiger partial charge in [-0.15, -0.1) is 0 Å². The number of methoxy groups -OCH3 is 1. The first-order chi connectivity index (χ1) is 11.3. The van der Waals surface area contributed by atoms with E-state index < -0.39 is 0 Å². The minimum Gasteiger partial charge on any atom is -0.497 e. The third kappa shape index (κ3) is 2.65. The van der Waals surface area contributed by atoms with E-state index in [4.69, 9.17) is 9.15 Å². The van der Waals surface area contributed by atoms with Gasteiger partial charge in [-0.1, -0.05) is 12.1 Å². The Bertz CT molecular complexity index is 814. The number of nitrogens with zero attached hydrogens (tertiary/aromatic N) is 3. The van der Waals surface area contributed by atoms with E-state index in [0.717, 1.165) is 41.6 Å². The van der Waals surface area contributed by atoms with Gasteiger partial charge < -0.3 is 14.1 Å². The highest BCUT2D eigenvalue weighted by Crippen LogP contribution is 2.29. The Morgan fingerprint density at radius 3 is 2.96 bits per heavy atom. The number of oxazole rings is 1. The molecule has 23 heavy (non-hydrogen) atoms. The number of pyridine rings is 1. The van der Waals surface area contributed by atoms with Gasteiger partial charge in [0.2, 0.25) is 5.89 Å². The zero-order valence-corrected chi connectivity index (χ0v) is 12.9. The molecule has 4 rings (SSSR count). The van der Waals surface area contributed by atoms with Crippen LogP contribution < -0.4 is 9.64 Å². The lowest BCUT2D eigenvalue weighted by atomic mass is 10.1. The molecule has 0 fully saturated rings. The Balaban J connectivity index is 1.62. The van der Waals surface area contributed by atoms with Crippen LogP contribution in [0.3, 0.4) is 0 Å². The van der Waals surface area contributed by atoms with Crippen LogP contribution in [-0.4, -0.2) is 23.6 Å². The van der Waals surface area contributed by atoms with Gasteiger partial charge in [0.25, 0.3) is 0 Å². The molecule has 0 spiro atoms. The molecule has 1 aliphatic heterocycles. The maximum Gasteiger partial charge on any atom is 0.226 e. The van der Waals surface area contributed by atoms with E-state index in [1.165, 1.54) is 0 Å². The Labute approximate surface area is 134 Å². The highest BCUT2D eigenvalue weighted by atomic mass is 16.5. The SMILES string of the molecule is COc1cccc(-c2nc3c(o2)CN(c2ccccn2)CC3)c1. The summed E-state index contributed by atoms with van der Waals surface area (Å²) in [5.41, 5.74) is 1.97. The molecule has 5 nitrogen and oxygen atoms in total. The van der Waals surface area contributed by atoms with Gasteiger partial charge in [-0.3, -0.25) is 0 Å². The van der Waals surface area contributed by atoms with E-state index in [1.54, 1.807) is 7.11 Å². The molecule has 0 amide bonds. The monoisotopic (exact) mass is 307 g/mol. The summed E-state index contributed by atoms with van der Waals surface area (Å²) in [4.78, 5) is 11.3. The lowest BCUT2D eigenvalue weighted by Gasteiger charge is -2.25. The second kappa shape index (κ2) is 5.76. The van der Waals surface area contributed by atoms with Crippen molar-refractivity contribution in [3.8, 4) is 17.2 Å². The van der Waals surface area contributed by atoms with Crippen LogP contribution in [-0.2, 0) is 13.0 Å². The molecule has 0 aliphatic carbocycles. The first-order valence-electron chi connectivity index (χ1n) is 7.62. The Morgan fingerprint density at radius 2 is 2.13 bits per heavy atom. The molecule has 5 heteroatoms. The fourth-order valence-corrected chi connectivity index (χ4v) is 2.81. The summed E-state index contributed by atoms with van der Waals surface area (Å²) in [6, 6.07) is 13.7. The first-order valence-corrected chi connectivity index (χ1v) is 7.62. The van der Waals surface area contributed by atoms with E-state index in [1.807, 2.05) is 48.7 Å². The molecule has 0 radical (unpaired) electrons. The van der Waals surface area contributed by atoms with Crippen LogP contribution in [0.2, 0.25) is 0 Å². The molecule has 0 saturated heterocycles. The number of fused-ring (bicyclic) bond motifs is 1. The van der Waals surface area contributed by atoms with Crippen LogP contribution >= 0.6 is 0 Å². The van der Waals surface area contributed by atoms with E-state index in [0.29, 0.717) is 12.4 Å². The van der Waals surface area contributed by atoms with Crippen molar-refractivity contribution in [2.24, 2.45) is 0 Å². The molecule has 1 aliphatic rings. The zero-order valence-electron chi connectivity index (χ0n) is 12.9. The maximum atomic E-state index is 6.01. The largest absolute Gasteiger partial charge is 0.497 e. The molecule has 3 aromatic rings. The Morgan fingerprint density at radius 1 is 1.17 bits per heavy atom. The van der Waals surface area contributed by atoms with Crippen molar-refractivity contribution in [3.05, 3.63) is 60.1 Å². The quantitative estimate of drug-likeness (QED) is 0.743.